The fraction of sp³-hybridized carbons (Fsp3) is 0.471. The van der Waals surface area contributed by atoms with Gasteiger partial charge in [0, 0.05) is 44.6 Å². The highest BCUT2D eigenvalue weighted by Crippen LogP contribution is 2.34. The molecular formula is C17H22N4O3. The number of rotatable bonds is 3. The van der Waals surface area contributed by atoms with Gasteiger partial charge in [-0.05, 0) is 12.5 Å². The molecule has 1 saturated heterocycles. The predicted molar refractivity (Wildman–Crippen MR) is 91.7 cm³/mol. The molecule has 0 radical (unpaired) electrons. The highest BCUT2D eigenvalue weighted by atomic mass is 16.5. The van der Waals surface area contributed by atoms with E-state index < -0.39 is 0 Å². The first-order valence-corrected chi connectivity index (χ1v) is 8.01. The molecule has 1 fully saturated rings. The van der Waals surface area contributed by atoms with E-state index in [0.717, 1.165) is 42.8 Å². The zero-order chi connectivity index (χ0) is 17.1. The van der Waals surface area contributed by atoms with E-state index in [1.165, 1.54) is 0 Å². The fourth-order valence-electron chi connectivity index (χ4n) is 3.07. The highest BCUT2D eigenvalue weighted by Gasteiger charge is 2.20. The van der Waals surface area contributed by atoms with E-state index in [-0.39, 0.29) is 5.91 Å². The van der Waals surface area contributed by atoms with Crippen LogP contribution in [0.1, 0.15) is 13.3 Å². The lowest BCUT2D eigenvalue weighted by Gasteiger charge is -2.23. The Morgan fingerprint density at radius 3 is 2.50 bits per heavy atom. The first-order chi connectivity index (χ1) is 11.6. The Morgan fingerprint density at radius 1 is 1.04 bits per heavy atom. The van der Waals surface area contributed by atoms with E-state index in [9.17, 15) is 4.79 Å². The summed E-state index contributed by atoms with van der Waals surface area (Å²) in [5.41, 5.74) is 0.810. The number of fused-ring (bicyclic) bond motifs is 1. The maximum absolute atomic E-state index is 11.6. The van der Waals surface area contributed by atoms with Crippen LogP contribution in [0.2, 0.25) is 0 Å². The van der Waals surface area contributed by atoms with Crippen LogP contribution in [0.3, 0.4) is 0 Å². The minimum atomic E-state index is 0.121. The number of carbonyl (C=O) groups is 1. The van der Waals surface area contributed by atoms with Crippen molar-refractivity contribution in [3.8, 4) is 11.5 Å². The molecule has 7 nitrogen and oxygen atoms in total. The molecule has 24 heavy (non-hydrogen) atoms. The highest BCUT2D eigenvalue weighted by molar-refractivity contribution is 5.92. The van der Waals surface area contributed by atoms with Gasteiger partial charge in [0.15, 0.2) is 11.5 Å². The normalized spacial score (nSPS) is 15.3. The minimum absolute atomic E-state index is 0.121. The van der Waals surface area contributed by atoms with Crippen molar-refractivity contribution >= 4 is 22.6 Å². The van der Waals surface area contributed by atoms with Gasteiger partial charge >= 0.3 is 0 Å². The lowest BCUT2D eigenvalue weighted by Crippen LogP contribution is -2.33. The van der Waals surface area contributed by atoms with Crippen molar-refractivity contribution in [3.05, 3.63) is 18.5 Å². The van der Waals surface area contributed by atoms with Crippen LogP contribution in [0.25, 0.3) is 10.9 Å². The number of anilines is 1. The Balaban J connectivity index is 1.98. The van der Waals surface area contributed by atoms with Gasteiger partial charge in [0.25, 0.3) is 0 Å². The molecule has 0 bridgehead atoms. The number of carbonyl (C=O) groups excluding carboxylic acids is 1. The molecule has 1 amide bonds. The SMILES string of the molecule is COc1cc2ncnc(N3CCCN(C(C)=O)CC3)c2cc1OC. The summed E-state index contributed by atoms with van der Waals surface area (Å²) in [6, 6.07) is 3.77. The van der Waals surface area contributed by atoms with Crippen LogP contribution in [0.5, 0.6) is 11.5 Å². The van der Waals surface area contributed by atoms with E-state index in [0.29, 0.717) is 18.0 Å². The van der Waals surface area contributed by atoms with E-state index in [1.54, 1.807) is 27.5 Å². The van der Waals surface area contributed by atoms with Crippen LogP contribution in [-0.4, -0.2) is 61.2 Å². The zero-order valence-electron chi connectivity index (χ0n) is 14.3. The fourth-order valence-corrected chi connectivity index (χ4v) is 3.07. The zero-order valence-corrected chi connectivity index (χ0v) is 14.3. The van der Waals surface area contributed by atoms with Gasteiger partial charge in [-0.15, -0.1) is 0 Å². The average Bonchev–Trinajstić information content (AvgIpc) is 2.86. The second-order valence-electron chi connectivity index (χ2n) is 5.77. The van der Waals surface area contributed by atoms with Gasteiger partial charge < -0.3 is 19.3 Å². The molecule has 0 aliphatic carbocycles. The van der Waals surface area contributed by atoms with Crippen molar-refractivity contribution in [2.45, 2.75) is 13.3 Å². The molecule has 0 unspecified atom stereocenters. The lowest BCUT2D eigenvalue weighted by atomic mass is 10.2. The molecule has 1 aliphatic heterocycles. The second-order valence-corrected chi connectivity index (χ2v) is 5.77. The molecular weight excluding hydrogens is 308 g/mol. The summed E-state index contributed by atoms with van der Waals surface area (Å²) in [4.78, 5) is 24.5. The maximum Gasteiger partial charge on any atom is 0.219 e. The average molecular weight is 330 g/mol. The van der Waals surface area contributed by atoms with Crippen molar-refractivity contribution in [1.29, 1.82) is 0 Å². The Hall–Kier alpha value is -2.57. The maximum atomic E-state index is 11.6. The standard InChI is InChI=1S/C17H22N4O3/c1-12(22)20-5-4-6-21(8-7-20)17-13-9-15(23-2)16(24-3)10-14(13)18-11-19-17/h9-11H,4-8H2,1-3H3. The Bertz CT molecular complexity index is 750. The van der Waals surface area contributed by atoms with Crippen molar-refractivity contribution in [2.24, 2.45) is 0 Å². The molecule has 0 spiro atoms. The number of nitrogens with zero attached hydrogens (tertiary/aromatic N) is 4. The van der Waals surface area contributed by atoms with E-state index in [1.807, 2.05) is 17.0 Å². The Morgan fingerprint density at radius 2 is 1.79 bits per heavy atom. The van der Waals surface area contributed by atoms with Crippen LogP contribution in [0.4, 0.5) is 5.82 Å². The third kappa shape index (κ3) is 3.06. The van der Waals surface area contributed by atoms with Crippen LogP contribution in [-0.2, 0) is 4.79 Å². The summed E-state index contributed by atoms with van der Waals surface area (Å²) < 4.78 is 10.8. The van der Waals surface area contributed by atoms with Crippen molar-refractivity contribution in [1.82, 2.24) is 14.9 Å². The Labute approximate surface area is 141 Å². The third-order valence-electron chi connectivity index (χ3n) is 4.36. The molecule has 3 rings (SSSR count). The van der Waals surface area contributed by atoms with Gasteiger partial charge in [-0.3, -0.25) is 4.79 Å². The second kappa shape index (κ2) is 6.90. The van der Waals surface area contributed by atoms with Gasteiger partial charge in [0.05, 0.1) is 19.7 Å². The van der Waals surface area contributed by atoms with E-state index in [2.05, 4.69) is 14.9 Å². The smallest absolute Gasteiger partial charge is 0.219 e. The summed E-state index contributed by atoms with van der Waals surface area (Å²) in [7, 11) is 3.22. The van der Waals surface area contributed by atoms with E-state index in [4.69, 9.17) is 9.47 Å². The van der Waals surface area contributed by atoms with Crippen molar-refractivity contribution < 1.29 is 14.3 Å². The molecule has 1 aromatic carbocycles. The predicted octanol–water partition coefficient (Wildman–Crippen LogP) is 1.71. The number of benzene rings is 1. The van der Waals surface area contributed by atoms with E-state index >= 15 is 0 Å². The number of ether oxygens (including phenoxy) is 2. The van der Waals surface area contributed by atoms with Gasteiger partial charge in [0.2, 0.25) is 5.91 Å². The summed E-state index contributed by atoms with van der Waals surface area (Å²) in [5.74, 6) is 2.29. The monoisotopic (exact) mass is 330 g/mol. The lowest BCUT2D eigenvalue weighted by molar-refractivity contribution is -0.128. The number of aromatic nitrogens is 2. The topological polar surface area (TPSA) is 67.8 Å². The third-order valence-corrected chi connectivity index (χ3v) is 4.36. The summed E-state index contributed by atoms with van der Waals surface area (Å²) in [6.07, 6.45) is 2.48. The van der Waals surface area contributed by atoms with Gasteiger partial charge in [-0.25, -0.2) is 9.97 Å². The molecule has 0 saturated carbocycles. The Kier molecular flexibility index (Phi) is 4.69. The van der Waals surface area contributed by atoms with Gasteiger partial charge in [0.1, 0.15) is 12.1 Å². The molecule has 2 aromatic rings. The number of methoxy groups -OCH3 is 2. The molecule has 0 atom stereocenters. The van der Waals surface area contributed by atoms with Crippen LogP contribution in [0, 0.1) is 0 Å². The summed E-state index contributed by atoms with van der Waals surface area (Å²) >= 11 is 0. The number of hydrogen-bond donors (Lipinski definition) is 0. The molecule has 2 heterocycles. The largest absolute Gasteiger partial charge is 0.493 e. The first-order valence-electron chi connectivity index (χ1n) is 8.01. The van der Waals surface area contributed by atoms with Crippen LogP contribution >= 0.6 is 0 Å². The summed E-state index contributed by atoms with van der Waals surface area (Å²) in [5, 5.41) is 0.923. The van der Waals surface area contributed by atoms with Crippen LogP contribution < -0.4 is 14.4 Å². The van der Waals surface area contributed by atoms with Crippen molar-refractivity contribution in [2.75, 3.05) is 45.3 Å². The molecule has 1 aliphatic rings. The number of hydrogen-bond acceptors (Lipinski definition) is 6. The molecule has 128 valence electrons. The minimum Gasteiger partial charge on any atom is -0.493 e. The molecule has 7 heteroatoms. The van der Waals surface area contributed by atoms with Gasteiger partial charge in [-0.1, -0.05) is 0 Å². The van der Waals surface area contributed by atoms with Gasteiger partial charge in [-0.2, -0.15) is 0 Å². The quantitative estimate of drug-likeness (QED) is 0.853. The number of amides is 1. The summed E-state index contributed by atoms with van der Waals surface area (Å²) in [6.45, 7) is 4.71. The molecule has 0 N–H and O–H groups in total. The van der Waals surface area contributed by atoms with Crippen LogP contribution in [0.15, 0.2) is 18.5 Å². The van der Waals surface area contributed by atoms with Crippen molar-refractivity contribution in [3.63, 3.8) is 0 Å². The first kappa shape index (κ1) is 16.3. The molecule has 1 aromatic heterocycles.